The summed E-state index contributed by atoms with van der Waals surface area (Å²) in [5.41, 5.74) is 8.19. The van der Waals surface area contributed by atoms with Gasteiger partial charge in [-0.15, -0.1) is 0 Å². The molecular weight excluding hydrogens is 387 g/mol. The lowest BCUT2D eigenvalue weighted by molar-refractivity contribution is 0.0675. The Hall–Kier alpha value is -3.39. The van der Waals surface area contributed by atoms with Gasteiger partial charge in [0.2, 0.25) is 0 Å². The highest BCUT2D eigenvalue weighted by Gasteiger charge is 2.18. The molecule has 156 valence electrons. The van der Waals surface area contributed by atoms with Gasteiger partial charge in [-0.25, -0.2) is 4.39 Å². The average Bonchev–Trinajstić information content (AvgIpc) is 3.23. The lowest BCUT2D eigenvalue weighted by Crippen LogP contribution is -2.44. The Labute approximate surface area is 173 Å². The summed E-state index contributed by atoms with van der Waals surface area (Å²) in [5, 5.41) is 14.1. The van der Waals surface area contributed by atoms with Crippen molar-refractivity contribution < 1.29 is 18.8 Å². The molecule has 1 unspecified atom stereocenters. The first-order chi connectivity index (χ1) is 14.5. The summed E-state index contributed by atoms with van der Waals surface area (Å²) >= 11 is 0. The van der Waals surface area contributed by atoms with E-state index in [1.807, 2.05) is 17.9 Å². The van der Waals surface area contributed by atoms with Gasteiger partial charge in [0.05, 0.1) is 18.9 Å². The summed E-state index contributed by atoms with van der Waals surface area (Å²) < 4.78 is 25.4. The van der Waals surface area contributed by atoms with Crippen LogP contribution < -0.4 is 5.73 Å². The van der Waals surface area contributed by atoms with Crippen molar-refractivity contribution >= 4 is 11.8 Å². The quantitative estimate of drug-likeness (QED) is 0.504. The van der Waals surface area contributed by atoms with Gasteiger partial charge in [-0.05, 0) is 17.7 Å². The van der Waals surface area contributed by atoms with E-state index in [2.05, 4.69) is 10.1 Å². The number of ether oxygens (including phenoxy) is 1. The van der Waals surface area contributed by atoms with Crippen molar-refractivity contribution in [1.29, 1.82) is 0 Å². The van der Waals surface area contributed by atoms with Crippen LogP contribution in [-0.2, 0) is 4.74 Å². The minimum atomic E-state index is -0.417. The first-order valence-electron chi connectivity index (χ1n) is 9.74. The number of rotatable bonds is 4. The lowest BCUT2D eigenvalue weighted by atomic mass is 9.94. The molecule has 4 rings (SSSR count). The molecule has 1 saturated heterocycles. The zero-order valence-corrected chi connectivity index (χ0v) is 16.6. The number of aromatic nitrogens is 1. The Morgan fingerprint density at radius 3 is 2.67 bits per heavy atom. The van der Waals surface area contributed by atoms with Crippen LogP contribution in [0.3, 0.4) is 0 Å². The third kappa shape index (κ3) is 4.13. The fourth-order valence-corrected chi connectivity index (χ4v) is 3.40. The van der Waals surface area contributed by atoms with Gasteiger partial charge in [-0.3, -0.25) is 0 Å². The number of nitrogens with zero attached hydrogens (tertiary/aromatic N) is 3. The van der Waals surface area contributed by atoms with Crippen LogP contribution in [0, 0.1) is 5.82 Å². The van der Waals surface area contributed by atoms with Gasteiger partial charge in [0.1, 0.15) is 11.6 Å². The number of aromatic hydroxyl groups is 1. The molecule has 1 fully saturated rings. The van der Waals surface area contributed by atoms with Crippen LogP contribution >= 0.6 is 0 Å². The molecule has 8 heteroatoms. The van der Waals surface area contributed by atoms with E-state index in [1.165, 1.54) is 12.1 Å². The normalized spacial score (nSPS) is 15.9. The molecule has 3 N–H and O–H groups in total. The molecule has 7 nitrogen and oxygen atoms in total. The molecule has 2 aromatic carbocycles. The van der Waals surface area contributed by atoms with E-state index < -0.39 is 5.82 Å². The fourth-order valence-electron chi connectivity index (χ4n) is 3.40. The predicted octanol–water partition coefficient (Wildman–Crippen LogP) is 3.62. The smallest absolute Gasteiger partial charge is 0.253 e. The Morgan fingerprint density at radius 1 is 1.17 bits per heavy atom. The molecule has 1 aliphatic rings. The molecule has 0 bridgehead atoms. The molecule has 3 aromatic rings. The summed E-state index contributed by atoms with van der Waals surface area (Å²) in [6.45, 7) is 4.48. The highest BCUT2D eigenvalue weighted by Crippen LogP contribution is 2.33. The van der Waals surface area contributed by atoms with Crippen molar-refractivity contribution in [2.75, 3.05) is 26.3 Å². The van der Waals surface area contributed by atoms with Crippen LogP contribution in [0.25, 0.3) is 11.1 Å². The first kappa shape index (κ1) is 19.9. The van der Waals surface area contributed by atoms with Gasteiger partial charge < -0.3 is 25.0 Å². The molecule has 30 heavy (non-hydrogen) atoms. The highest BCUT2D eigenvalue weighted by molar-refractivity contribution is 5.80. The number of hydrogen-bond acceptors (Lipinski definition) is 5. The molecule has 0 radical (unpaired) electrons. The average molecular weight is 410 g/mol. The summed E-state index contributed by atoms with van der Waals surface area (Å²) in [6, 6.07) is 13.3. The fraction of sp³-hybridized carbons (Fsp3) is 0.273. The van der Waals surface area contributed by atoms with E-state index in [9.17, 15) is 9.50 Å². The van der Waals surface area contributed by atoms with E-state index in [0.29, 0.717) is 55.0 Å². The largest absolute Gasteiger partial charge is 0.507 e. The Kier molecular flexibility index (Phi) is 5.67. The number of benzene rings is 2. The van der Waals surface area contributed by atoms with Crippen LogP contribution in [0.5, 0.6) is 5.75 Å². The van der Waals surface area contributed by atoms with Crippen LogP contribution in [0.1, 0.15) is 24.1 Å². The van der Waals surface area contributed by atoms with Crippen LogP contribution in [-0.4, -0.2) is 47.4 Å². The van der Waals surface area contributed by atoms with Crippen LogP contribution in [0.2, 0.25) is 0 Å². The number of phenols is 1. The topological polar surface area (TPSA) is 97.1 Å². The number of para-hydroxylation sites is 1. The van der Waals surface area contributed by atoms with Crippen molar-refractivity contribution in [2.45, 2.75) is 12.8 Å². The van der Waals surface area contributed by atoms with Gasteiger partial charge in [-0.1, -0.05) is 42.4 Å². The number of phenolic OH excluding ortho intramolecular Hbond substituents is 1. The van der Waals surface area contributed by atoms with Crippen LogP contribution in [0.15, 0.2) is 58.0 Å². The number of halogens is 1. The van der Waals surface area contributed by atoms with Gasteiger partial charge in [0.15, 0.2) is 5.96 Å². The van der Waals surface area contributed by atoms with E-state index in [0.717, 1.165) is 5.56 Å². The molecule has 1 aliphatic heterocycles. The Morgan fingerprint density at radius 2 is 1.93 bits per heavy atom. The molecule has 1 atom stereocenters. The predicted molar refractivity (Wildman–Crippen MR) is 111 cm³/mol. The summed E-state index contributed by atoms with van der Waals surface area (Å²) in [5.74, 6) is 0.0577. The minimum absolute atomic E-state index is 0.0362. The third-order valence-electron chi connectivity index (χ3n) is 5.21. The Bertz CT molecular complexity index is 1060. The second-order valence-electron chi connectivity index (χ2n) is 7.14. The number of aliphatic imine (C=N–C) groups is 1. The Balaban J connectivity index is 1.53. The minimum Gasteiger partial charge on any atom is -0.507 e. The van der Waals surface area contributed by atoms with E-state index in [-0.39, 0.29) is 11.7 Å². The SMILES string of the molecule is CC(c1ccc(-c2ccccc2O)c(F)c1)c1cc(N=C(N)N2CCOCC2)on1. The monoisotopic (exact) mass is 410 g/mol. The van der Waals surface area contributed by atoms with E-state index >= 15 is 0 Å². The maximum atomic E-state index is 14.8. The van der Waals surface area contributed by atoms with Crippen molar-refractivity contribution in [3.63, 3.8) is 0 Å². The number of nitrogens with two attached hydrogens (primary N) is 1. The molecule has 0 amide bonds. The lowest BCUT2D eigenvalue weighted by Gasteiger charge is -2.27. The first-order valence-corrected chi connectivity index (χ1v) is 9.74. The van der Waals surface area contributed by atoms with Crippen LogP contribution in [0.4, 0.5) is 10.3 Å². The van der Waals surface area contributed by atoms with E-state index in [1.54, 1.807) is 30.3 Å². The highest BCUT2D eigenvalue weighted by atomic mass is 19.1. The number of morpholine rings is 1. The number of hydrogen-bond donors (Lipinski definition) is 2. The standard InChI is InChI=1S/C22H23FN4O3/c1-14(15-6-7-16(18(23)12-15)17-4-2-3-5-20(17)28)19-13-21(30-26-19)25-22(24)27-8-10-29-11-9-27/h2-7,12-14,28H,8-11H2,1H3,(H2,24,25). The molecule has 0 spiro atoms. The second-order valence-corrected chi connectivity index (χ2v) is 7.14. The van der Waals surface area contributed by atoms with Crippen molar-refractivity contribution in [1.82, 2.24) is 10.1 Å². The molecular formula is C22H23FN4O3. The maximum absolute atomic E-state index is 14.8. The van der Waals surface area contributed by atoms with E-state index in [4.69, 9.17) is 15.0 Å². The zero-order chi connectivity index (χ0) is 21.1. The maximum Gasteiger partial charge on any atom is 0.253 e. The summed E-state index contributed by atoms with van der Waals surface area (Å²) in [6.07, 6.45) is 0. The summed E-state index contributed by atoms with van der Waals surface area (Å²) in [4.78, 5) is 6.21. The van der Waals surface area contributed by atoms with Gasteiger partial charge in [0.25, 0.3) is 5.88 Å². The van der Waals surface area contributed by atoms with Gasteiger partial charge >= 0.3 is 0 Å². The molecule has 2 heterocycles. The second kappa shape index (κ2) is 8.54. The molecule has 0 saturated carbocycles. The summed E-state index contributed by atoms with van der Waals surface area (Å²) in [7, 11) is 0. The van der Waals surface area contributed by atoms with Crippen molar-refractivity contribution in [2.24, 2.45) is 10.7 Å². The number of guanidine groups is 1. The third-order valence-corrected chi connectivity index (χ3v) is 5.21. The van der Waals surface area contributed by atoms with Crippen molar-refractivity contribution in [3.05, 3.63) is 65.6 Å². The molecule has 0 aliphatic carbocycles. The van der Waals surface area contributed by atoms with Crippen molar-refractivity contribution in [3.8, 4) is 16.9 Å². The van der Waals surface area contributed by atoms with Gasteiger partial charge in [-0.2, -0.15) is 4.99 Å². The van der Waals surface area contributed by atoms with Gasteiger partial charge in [0, 0.05) is 36.2 Å². The molecule has 1 aromatic heterocycles. The zero-order valence-electron chi connectivity index (χ0n) is 16.6.